The molecule has 0 aromatic heterocycles. The number of ether oxygens (including phenoxy) is 3. The van der Waals surface area contributed by atoms with Crippen LogP contribution in [0.3, 0.4) is 0 Å². The lowest BCUT2D eigenvalue weighted by atomic mass is 10.2. The summed E-state index contributed by atoms with van der Waals surface area (Å²) in [5.74, 6) is 1.69. The lowest BCUT2D eigenvalue weighted by Crippen LogP contribution is -2.28. The number of rotatable bonds is 9. The van der Waals surface area contributed by atoms with Crippen LogP contribution in [0.15, 0.2) is 65.6 Å². The van der Waals surface area contributed by atoms with Gasteiger partial charge in [0.2, 0.25) is 22.7 Å². The predicted octanol–water partition coefficient (Wildman–Crippen LogP) is 3.92. The Kier molecular flexibility index (Phi) is 7.04. The van der Waals surface area contributed by atoms with Gasteiger partial charge in [0.15, 0.2) is 11.5 Å². The third kappa shape index (κ3) is 5.86. The van der Waals surface area contributed by atoms with Crippen LogP contribution in [0.4, 0.5) is 5.69 Å². The highest BCUT2D eigenvalue weighted by Crippen LogP contribution is 2.35. The maximum absolute atomic E-state index is 12.6. The van der Waals surface area contributed by atoms with Crippen LogP contribution in [0, 0.1) is 13.8 Å². The van der Waals surface area contributed by atoms with E-state index in [9.17, 15) is 13.2 Å². The Balaban J connectivity index is 1.28. The van der Waals surface area contributed by atoms with Crippen LogP contribution in [0.5, 0.6) is 17.2 Å². The number of sulfonamides is 1. The van der Waals surface area contributed by atoms with E-state index in [1.54, 1.807) is 43.3 Å². The van der Waals surface area contributed by atoms with Gasteiger partial charge in [-0.05, 0) is 60.9 Å². The summed E-state index contributed by atoms with van der Waals surface area (Å²) >= 11 is 0. The summed E-state index contributed by atoms with van der Waals surface area (Å²) < 4.78 is 44.1. The fraction of sp³-hybridized carbons (Fsp3) is 0.240. The zero-order valence-electron chi connectivity index (χ0n) is 19.0. The molecule has 1 aliphatic heterocycles. The molecule has 4 rings (SSSR count). The molecule has 178 valence electrons. The maximum atomic E-state index is 12.6. The Hall–Kier alpha value is -3.56. The zero-order valence-corrected chi connectivity index (χ0v) is 19.8. The molecule has 0 aliphatic carbocycles. The van der Waals surface area contributed by atoms with Crippen molar-refractivity contribution in [3.05, 3.63) is 77.4 Å². The number of benzene rings is 3. The summed E-state index contributed by atoms with van der Waals surface area (Å²) in [6.45, 7) is 4.07. The quantitative estimate of drug-likeness (QED) is 0.479. The van der Waals surface area contributed by atoms with Crippen molar-refractivity contribution in [1.82, 2.24) is 4.72 Å². The van der Waals surface area contributed by atoms with Gasteiger partial charge in [0.05, 0.1) is 4.90 Å². The van der Waals surface area contributed by atoms with Gasteiger partial charge in [-0.3, -0.25) is 4.79 Å². The molecule has 1 aliphatic rings. The van der Waals surface area contributed by atoms with Gasteiger partial charge in [0.1, 0.15) is 12.4 Å². The molecular weight excluding hydrogens is 456 g/mol. The molecule has 0 saturated carbocycles. The number of aryl methyl sites for hydroxylation is 2. The molecule has 0 fully saturated rings. The van der Waals surface area contributed by atoms with Crippen molar-refractivity contribution in [2.45, 2.75) is 31.8 Å². The molecule has 0 saturated heterocycles. The van der Waals surface area contributed by atoms with Crippen molar-refractivity contribution in [2.75, 3.05) is 18.7 Å². The van der Waals surface area contributed by atoms with Crippen LogP contribution >= 0.6 is 0 Å². The molecule has 0 radical (unpaired) electrons. The van der Waals surface area contributed by atoms with E-state index in [0.29, 0.717) is 35.1 Å². The minimum atomic E-state index is -3.69. The minimum Gasteiger partial charge on any atom is -0.489 e. The van der Waals surface area contributed by atoms with Gasteiger partial charge < -0.3 is 19.5 Å². The molecule has 0 spiro atoms. The molecule has 1 heterocycles. The van der Waals surface area contributed by atoms with Crippen molar-refractivity contribution in [2.24, 2.45) is 0 Å². The zero-order chi connectivity index (χ0) is 24.1. The number of anilines is 1. The number of amides is 1. The van der Waals surface area contributed by atoms with Gasteiger partial charge in [0.25, 0.3) is 0 Å². The Labute approximate surface area is 198 Å². The van der Waals surface area contributed by atoms with Gasteiger partial charge >= 0.3 is 0 Å². The second-order valence-corrected chi connectivity index (χ2v) is 9.70. The molecule has 3 aromatic carbocycles. The fourth-order valence-corrected chi connectivity index (χ4v) is 4.83. The van der Waals surface area contributed by atoms with E-state index in [2.05, 4.69) is 10.0 Å². The first-order valence-corrected chi connectivity index (χ1v) is 12.3. The van der Waals surface area contributed by atoms with Crippen molar-refractivity contribution in [3.63, 3.8) is 0 Å². The Morgan fingerprint density at radius 2 is 1.82 bits per heavy atom. The topological polar surface area (TPSA) is 103 Å². The average Bonchev–Trinajstić information content (AvgIpc) is 3.27. The van der Waals surface area contributed by atoms with Crippen LogP contribution in [0.25, 0.3) is 0 Å². The maximum Gasteiger partial charge on any atom is 0.240 e. The van der Waals surface area contributed by atoms with Gasteiger partial charge in [-0.25, -0.2) is 13.1 Å². The molecule has 0 bridgehead atoms. The molecular formula is C25H26N2O6S. The number of carbonyl (C=O) groups excluding carboxylic acids is 1. The van der Waals surface area contributed by atoms with Crippen LogP contribution in [-0.2, 0) is 21.4 Å². The van der Waals surface area contributed by atoms with Crippen molar-refractivity contribution < 1.29 is 27.4 Å². The van der Waals surface area contributed by atoms with Crippen LogP contribution in [-0.4, -0.2) is 27.7 Å². The summed E-state index contributed by atoms with van der Waals surface area (Å²) in [7, 11) is -3.69. The predicted molar refractivity (Wildman–Crippen MR) is 128 cm³/mol. The van der Waals surface area contributed by atoms with Crippen LogP contribution in [0.2, 0.25) is 0 Å². The molecule has 1 amide bonds. The van der Waals surface area contributed by atoms with Crippen molar-refractivity contribution in [1.29, 1.82) is 0 Å². The van der Waals surface area contributed by atoms with Crippen molar-refractivity contribution >= 4 is 21.6 Å². The second kappa shape index (κ2) is 10.1. The Morgan fingerprint density at radius 1 is 1.00 bits per heavy atom. The van der Waals surface area contributed by atoms with Gasteiger partial charge in [-0.2, -0.15) is 0 Å². The van der Waals surface area contributed by atoms with Crippen LogP contribution < -0.4 is 24.2 Å². The normalized spacial score (nSPS) is 12.4. The number of fused-ring (bicyclic) bond motifs is 1. The van der Waals surface area contributed by atoms with E-state index >= 15 is 0 Å². The number of hydrogen-bond acceptors (Lipinski definition) is 6. The standard InChI is InChI=1S/C25H26N2O6S/c1-17-6-7-18(2)24(12-17)34(29,30)26-11-10-25(28)27-20-5-3-4-19(13-20)15-31-21-8-9-22-23(14-21)33-16-32-22/h3-9,12-14,26H,10-11,15-16H2,1-2H3,(H,27,28). The minimum absolute atomic E-state index is 0.00200. The fourth-order valence-electron chi connectivity index (χ4n) is 3.47. The lowest BCUT2D eigenvalue weighted by Gasteiger charge is -2.11. The van der Waals surface area contributed by atoms with Crippen LogP contribution in [0.1, 0.15) is 23.1 Å². The molecule has 34 heavy (non-hydrogen) atoms. The monoisotopic (exact) mass is 482 g/mol. The third-order valence-corrected chi connectivity index (χ3v) is 6.84. The molecule has 2 N–H and O–H groups in total. The van der Waals surface area contributed by atoms with Gasteiger partial charge in [0, 0.05) is 24.7 Å². The number of nitrogens with one attached hydrogen (secondary N) is 2. The molecule has 0 atom stereocenters. The third-order valence-electron chi connectivity index (χ3n) is 5.24. The summed E-state index contributed by atoms with van der Waals surface area (Å²) in [6, 6.07) is 17.9. The summed E-state index contributed by atoms with van der Waals surface area (Å²) in [4.78, 5) is 12.6. The highest BCUT2D eigenvalue weighted by atomic mass is 32.2. The summed E-state index contributed by atoms with van der Waals surface area (Å²) in [5.41, 5.74) is 2.98. The Morgan fingerprint density at radius 3 is 2.68 bits per heavy atom. The lowest BCUT2D eigenvalue weighted by molar-refractivity contribution is -0.116. The summed E-state index contributed by atoms with van der Waals surface area (Å²) in [6.07, 6.45) is 0.00200. The average molecular weight is 483 g/mol. The number of hydrogen-bond donors (Lipinski definition) is 2. The smallest absolute Gasteiger partial charge is 0.240 e. The molecule has 8 nitrogen and oxygen atoms in total. The van der Waals surface area contributed by atoms with E-state index in [1.807, 2.05) is 31.2 Å². The largest absolute Gasteiger partial charge is 0.489 e. The first kappa shape index (κ1) is 23.6. The van der Waals surface area contributed by atoms with E-state index in [1.165, 1.54) is 0 Å². The Bertz CT molecular complexity index is 1310. The van der Waals surface area contributed by atoms with E-state index in [4.69, 9.17) is 14.2 Å². The first-order chi connectivity index (χ1) is 16.3. The molecule has 0 unspecified atom stereocenters. The second-order valence-electron chi connectivity index (χ2n) is 7.97. The van der Waals surface area contributed by atoms with Gasteiger partial charge in [-0.15, -0.1) is 0 Å². The SMILES string of the molecule is Cc1ccc(C)c(S(=O)(=O)NCCC(=O)Nc2cccc(COc3ccc4c(c3)OCO4)c2)c1. The van der Waals surface area contributed by atoms with Crippen molar-refractivity contribution in [3.8, 4) is 17.2 Å². The highest BCUT2D eigenvalue weighted by Gasteiger charge is 2.17. The number of carbonyl (C=O) groups is 1. The highest BCUT2D eigenvalue weighted by molar-refractivity contribution is 7.89. The summed E-state index contributed by atoms with van der Waals surface area (Å²) in [5, 5.41) is 2.80. The van der Waals surface area contributed by atoms with E-state index < -0.39 is 10.0 Å². The van der Waals surface area contributed by atoms with E-state index in [-0.39, 0.29) is 30.6 Å². The molecule has 3 aromatic rings. The van der Waals surface area contributed by atoms with Gasteiger partial charge in [-0.1, -0.05) is 24.3 Å². The molecule has 9 heteroatoms. The first-order valence-electron chi connectivity index (χ1n) is 10.8. The van der Waals surface area contributed by atoms with E-state index in [0.717, 1.165) is 11.1 Å².